The summed E-state index contributed by atoms with van der Waals surface area (Å²) in [6, 6.07) is 16.2. The number of halogens is 3. The molecule has 4 N–H and O–H groups in total. The number of nitrogen functional groups attached to an aromatic ring is 1. The molecule has 0 aliphatic carbocycles. The fraction of sp³-hybridized carbons (Fsp3) is 0.295. The number of hydrazine groups is 1. The smallest absolute Gasteiger partial charge is 0.246 e. The zero-order chi connectivity index (χ0) is 47.5. The van der Waals surface area contributed by atoms with E-state index in [-0.39, 0.29) is 5.28 Å². The lowest BCUT2D eigenvalue weighted by Gasteiger charge is -2.28. The number of fused-ring (bicyclic) bond motifs is 4. The van der Waals surface area contributed by atoms with Crippen LogP contribution in [0.4, 0.5) is 29.4 Å². The predicted octanol–water partition coefficient (Wildman–Crippen LogP) is 9.28. The number of rotatable bonds is 7. The van der Waals surface area contributed by atoms with E-state index in [0.29, 0.717) is 22.3 Å². The number of nitrogens with two attached hydrogens (primary N) is 1. The molecule has 0 saturated carbocycles. The molecule has 0 unspecified atom stereocenters. The number of benzene rings is 1. The average molecular weight is 1070 g/mol. The van der Waals surface area contributed by atoms with Crippen molar-refractivity contribution in [2.45, 2.75) is 6.92 Å². The Morgan fingerprint density at radius 2 is 0.986 bits per heavy atom. The Bertz CT molecular complexity index is 3150. The number of ether oxygens (including phenoxy) is 3. The molecule has 3 aliphatic heterocycles. The Hall–Kier alpha value is -5.24. The van der Waals surface area contributed by atoms with Gasteiger partial charge < -0.3 is 28.9 Å². The van der Waals surface area contributed by atoms with Gasteiger partial charge in [-0.3, -0.25) is 5.43 Å². The summed E-state index contributed by atoms with van der Waals surface area (Å²) in [7, 11) is 0. The summed E-state index contributed by atoms with van der Waals surface area (Å²) in [5, 5.41) is 17.3. The summed E-state index contributed by atoms with van der Waals surface area (Å²) in [5.74, 6) is 9.18. The van der Waals surface area contributed by atoms with Gasteiger partial charge in [-0.05, 0) is 81.5 Å². The molecule has 25 heteroatoms. The highest BCUT2D eigenvalue weighted by atomic mass is 35.5. The van der Waals surface area contributed by atoms with Crippen molar-refractivity contribution in [1.29, 1.82) is 0 Å². The van der Waals surface area contributed by atoms with Gasteiger partial charge in [0, 0.05) is 44.7 Å². The van der Waals surface area contributed by atoms with Crippen LogP contribution in [0.3, 0.4) is 0 Å². The number of hydrazone groups is 1. The number of hydrogen-bond acceptors (Lipinski definition) is 22. The van der Waals surface area contributed by atoms with E-state index in [2.05, 4.69) is 95.6 Å². The van der Waals surface area contributed by atoms with E-state index in [1.54, 1.807) is 40.2 Å². The minimum atomic E-state index is 0.199. The first kappa shape index (κ1) is 48.8. The van der Waals surface area contributed by atoms with Crippen LogP contribution in [0.25, 0.3) is 40.9 Å². The Labute approximate surface area is 427 Å². The average Bonchev–Trinajstić information content (AvgIpc) is 4.23. The highest BCUT2D eigenvalue weighted by Gasteiger charge is 2.20. The van der Waals surface area contributed by atoms with Crippen LogP contribution in [0, 0.1) is 6.92 Å². The first-order chi connectivity index (χ1) is 33.8. The van der Waals surface area contributed by atoms with Crippen LogP contribution in [0.15, 0.2) is 75.2 Å². The second kappa shape index (κ2) is 23.6. The van der Waals surface area contributed by atoms with Gasteiger partial charge in [-0.2, -0.15) is 20.1 Å². The number of aryl methyl sites for hydroxylation is 1. The Balaban J connectivity index is 0.000000119. The zero-order valence-corrected chi connectivity index (χ0v) is 42.5. The quantitative estimate of drug-likeness (QED) is 0.0447. The minimum absolute atomic E-state index is 0.199. The molecule has 18 nitrogen and oxygen atoms in total. The first-order valence-corrected chi connectivity index (χ1v) is 26.2. The Kier molecular flexibility index (Phi) is 16.7. The van der Waals surface area contributed by atoms with E-state index in [0.717, 1.165) is 143 Å². The number of thiophene rings is 4. The van der Waals surface area contributed by atoms with Gasteiger partial charge in [0.1, 0.15) is 41.9 Å². The third-order valence-electron chi connectivity index (χ3n) is 10.6. The molecule has 69 heavy (non-hydrogen) atoms. The molecule has 0 amide bonds. The van der Waals surface area contributed by atoms with Crippen molar-refractivity contribution in [2.24, 2.45) is 10.9 Å². The van der Waals surface area contributed by atoms with Crippen LogP contribution in [0.1, 0.15) is 11.1 Å². The third-order valence-corrected chi connectivity index (χ3v) is 14.5. The summed E-state index contributed by atoms with van der Waals surface area (Å²) in [6.07, 6.45) is 1.78. The van der Waals surface area contributed by atoms with Gasteiger partial charge in [-0.25, -0.2) is 36.2 Å². The van der Waals surface area contributed by atoms with Crippen molar-refractivity contribution in [3.63, 3.8) is 0 Å². The van der Waals surface area contributed by atoms with Crippen LogP contribution in [-0.4, -0.2) is 125 Å². The van der Waals surface area contributed by atoms with Crippen molar-refractivity contribution in [3.05, 3.63) is 96.9 Å². The highest BCUT2D eigenvalue weighted by molar-refractivity contribution is 7.17. The molecule has 0 atom stereocenters. The number of anilines is 5. The highest BCUT2D eigenvalue weighted by Crippen LogP contribution is 2.32. The van der Waals surface area contributed by atoms with E-state index in [9.17, 15) is 0 Å². The van der Waals surface area contributed by atoms with Crippen molar-refractivity contribution in [1.82, 2.24) is 39.9 Å². The standard InChI is InChI=1S/C18H19N5OS.C10H10ClN3OS.C10H13N5OS.C6H2Cl2N2S/c1-13-3-2-4-14(11-13)12-19-22-18-20-16(23-6-8-24-9-7-23)15-5-10-25-17(15)21-18;11-10-12-8(14-2-4-15-5-3-14)7-1-6-16-9(7)13-10;11-14-10-12-8(15-2-4-16-5-3-15)7-1-6-17-9(7)13-10;7-4-3-1-2-11-5(3)10-6(8)9-4/h2-5,10-12H,6-9H2,1H3,(H,20,21,22);1,6H,2-5H2;1,6H,2-5,11H2,(H,12,13,14);1-2H/b19-12+;;;. The monoisotopic (exact) mass is 1060 g/mol. The SMILES string of the molecule is Cc1cccc(/C=N/Nc2nc(N3CCOCC3)c3ccsc3n2)c1.Clc1nc(Cl)c2ccsc2n1.Clc1nc(N2CCOCC2)c2ccsc2n1.NNc1nc(N2CCOCC2)c2ccsc2n1. The minimum Gasteiger partial charge on any atom is -0.378 e. The fourth-order valence-electron chi connectivity index (χ4n) is 7.37. The third kappa shape index (κ3) is 12.4. The van der Waals surface area contributed by atoms with Gasteiger partial charge >= 0.3 is 0 Å². The molecule has 9 aromatic rings. The summed E-state index contributed by atoms with van der Waals surface area (Å²) >= 11 is 23.6. The maximum atomic E-state index is 5.93. The lowest BCUT2D eigenvalue weighted by Crippen LogP contribution is -2.37. The van der Waals surface area contributed by atoms with Gasteiger partial charge in [0.2, 0.25) is 22.5 Å². The van der Waals surface area contributed by atoms with Crippen molar-refractivity contribution < 1.29 is 14.2 Å². The summed E-state index contributed by atoms with van der Waals surface area (Å²) in [4.78, 5) is 44.7. The topological polar surface area (TPSA) is 203 Å². The molecular formula is C44H44Cl3N15O3S4. The maximum Gasteiger partial charge on any atom is 0.246 e. The van der Waals surface area contributed by atoms with E-state index in [1.165, 1.54) is 16.9 Å². The number of nitrogens with zero attached hydrogens (tertiary/aromatic N) is 12. The van der Waals surface area contributed by atoms with Crippen LogP contribution >= 0.6 is 80.1 Å². The first-order valence-electron chi connectivity index (χ1n) is 21.6. The fourth-order valence-corrected chi connectivity index (χ4v) is 11.2. The molecule has 8 aromatic heterocycles. The largest absolute Gasteiger partial charge is 0.378 e. The van der Waals surface area contributed by atoms with E-state index < -0.39 is 0 Å². The van der Waals surface area contributed by atoms with Gasteiger partial charge in [-0.1, -0.05) is 41.4 Å². The number of morpholine rings is 3. The summed E-state index contributed by atoms with van der Waals surface area (Å²) in [6.45, 7) is 11.6. The number of nitrogens with one attached hydrogen (secondary N) is 2. The van der Waals surface area contributed by atoms with Crippen LogP contribution in [0.2, 0.25) is 15.7 Å². The molecule has 1 aromatic carbocycles. The zero-order valence-electron chi connectivity index (χ0n) is 36.9. The van der Waals surface area contributed by atoms with Crippen LogP contribution in [-0.2, 0) is 14.2 Å². The molecule has 11 heterocycles. The second-order valence-corrected chi connectivity index (χ2v) is 19.7. The molecule has 0 radical (unpaired) electrons. The van der Waals surface area contributed by atoms with Crippen molar-refractivity contribution in [2.75, 3.05) is 104 Å². The lowest BCUT2D eigenvalue weighted by atomic mass is 10.2. The Morgan fingerprint density at radius 3 is 1.49 bits per heavy atom. The molecular weight excluding hydrogens is 1020 g/mol. The summed E-state index contributed by atoms with van der Waals surface area (Å²) < 4.78 is 16.1. The predicted molar refractivity (Wildman–Crippen MR) is 284 cm³/mol. The van der Waals surface area contributed by atoms with Crippen LogP contribution in [0.5, 0.6) is 0 Å². The number of hydrogen-bond donors (Lipinski definition) is 3. The van der Waals surface area contributed by atoms with Gasteiger partial charge in [-0.15, -0.1) is 45.3 Å². The molecule has 12 rings (SSSR count). The van der Waals surface area contributed by atoms with Crippen molar-refractivity contribution >= 4 is 157 Å². The molecule has 3 fully saturated rings. The Morgan fingerprint density at radius 1 is 0.551 bits per heavy atom. The van der Waals surface area contributed by atoms with Crippen molar-refractivity contribution in [3.8, 4) is 0 Å². The second-order valence-electron chi connectivity index (χ2n) is 15.1. The maximum absolute atomic E-state index is 5.93. The van der Waals surface area contributed by atoms with Gasteiger partial charge in [0.05, 0.1) is 62.0 Å². The van der Waals surface area contributed by atoms with Gasteiger partial charge in [0.25, 0.3) is 0 Å². The lowest BCUT2D eigenvalue weighted by molar-refractivity contribution is 0.122. The van der Waals surface area contributed by atoms with E-state index in [4.69, 9.17) is 54.9 Å². The summed E-state index contributed by atoms with van der Waals surface area (Å²) in [5.41, 5.74) is 7.73. The van der Waals surface area contributed by atoms with Crippen LogP contribution < -0.4 is 31.4 Å². The van der Waals surface area contributed by atoms with E-state index >= 15 is 0 Å². The molecule has 3 aliphatic rings. The van der Waals surface area contributed by atoms with Gasteiger partial charge in [0.15, 0.2) is 0 Å². The molecule has 3 saturated heterocycles. The molecule has 0 bridgehead atoms. The molecule has 0 spiro atoms. The normalized spacial score (nSPS) is 15.2. The number of aromatic nitrogens is 8. The molecule has 358 valence electrons. The van der Waals surface area contributed by atoms with E-state index in [1.807, 2.05) is 51.9 Å².